The predicted molar refractivity (Wildman–Crippen MR) is 127 cm³/mol. The van der Waals surface area contributed by atoms with E-state index in [2.05, 4.69) is 4.98 Å². The summed E-state index contributed by atoms with van der Waals surface area (Å²) in [5.41, 5.74) is 0.954. The van der Waals surface area contributed by atoms with Gasteiger partial charge in [0.15, 0.2) is 0 Å². The number of nitrogens with one attached hydrogen (secondary N) is 1. The van der Waals surface area contributed by atoms with Crippen molar-refractivity contribution in [3.05, 3.63) is 77.9 Å². The molecule has 1 amide bonds. The van der Waals surface area contributed by atoms with Crippen LogP contribution in [0.15, 0.2) is 66.8 Å². The van der Waals surface area contributed by atoms with Crippen LogP contribution in [-0.4, -0.2) is 54.6 Å². The number of hydrogen-bond donors (Lipinski definition) is 2. The zero-order chi connectivity index (χ0) is 24.9. The van der Waals surface area contributed by atoms with Crippen LogP contribution in [0.3, 0.4) is 0 Å². The SMILES string of the molecule is COc1ccc(/C(O)=C2\C(=O)C(=O)N(CCC[n+]3cc[nH]c3)C2c2cc(OC)ccc2OC)cc1. The first kappa shape index (κ1) is 23.9. The van der Waals surface area contributed by atoms with Gasteiger partial charge in [0, 0.05) is 24.1 Å². The van der Waals surface area contributed by atoms with Gasteiger partial charge < -0.3 is 24.2 Å². The molecule has 0 saturated carbocycles. The van der Waals surface area contributed by atoms with Gasteiger partial charge in [0.1, 0.15) is 35.4 Å². The summed E-state index contributed by atoms with van der Waals surface area (Å²) in [6.07, 6.45) is 6.11. The Balaban J connectivity index is 1.80. The van der Waals surface area contributed by atoms with Crippen molar-refractivity contribution in [2.45, 2.75) is 19.0 Å². The fraction of sp³-hybridized carbons (Fsp3) is 0.269. The van der Waals surface area contributed by atoms with E-state index in [0.29, 0.717) is 47.9 Å². The van der Waals surface area contributed by atoms with Crippen molar-refractivity contribution in [1.29, 1.82) is 0 Å². The summed E-state index contributed by atoms with van der Waals surface area (Å²) in [4.78, 5) is 30.9. The molecule has 1 aliphatic heterocycles. The van der Waals surface area contributed by atoms with Gasteiger partial charge in [0.05, 0.1) is 39.5 Å². The molecular weight excluding hydrogens is 450 g/mol. The lowest BCUT2D eigenvalue weighted by Gasteiger charge is -2.26. The number of amides is 1. The zero-order valence-electron chi connectivity index (χ0n) is 19.9. The Labute approximate surface area is 203 Å². The second-order valence-corrected chi connectivity index (χ2v) is 8.03. The summed E-state index contributed by atoms with van der Waals surface area (Å²) in [5, 5.41) is 11.2. The monoisotopic (exact) mass is 478 g/mol. The molecule has 2 N–H and O–H groups in total. The lowest BCUT2D eigenvalue weighted by molar-refractivity contribution is -0.695. The Morgan fingerprint density at radius 3 is 2.37 bits per heavy atom. The normalized spacial score (nSPS) is 17.0. The highest BCUT2D eigenvalue weighted by molar-refractivity contribution is 6.46. The van der Waals surface area contributed by atoms with E-state index in [1.807, 2.05) is 23.3 Å². The number of aryl methyl sites for hydroxylation is 1. The minimum atomic E-state index is -0.849. The zero-order valence-corrected chi connectivity index (χ0v) is 19.9. The first-order valence-electron chi connectivity index (χ1n) is 11.1. The number of benzene rings is 2. The van der Waals surface area contributed by atoms with Gasteiger partial charge >= 0.3 is 0 Å². The third-order valence-electron chi connectivity index (χ3n) is 6.05. The van der Waals surface area contributed by atoms with Gasteiger partial charge in [-0.1, -0.05) is 0 Å². The number of rotatable bonds is 9. The van der Waals surface area contributed by atoms with Crippen LogP contribution in [-0.2, 0) is 16.1 Å². The molecule has 1 aromatic heterocycles. The number of hydrogen-bond acceptors (Lipinski definition) is 6. The number of Topliss-reactive ketones (excluding diaryl/α,β-unsaturated/α-hetero) is 1. The van der Waals surface area contributed by atoms with Crippen LogP contribution in [0, 0.1) is 0 Å². The second kappa shape index (κ2) is 10.3. The number of imidazole rings is 1. The van der Waals surface area contributed by atoms with Crippen LogP contribution in [0.25, 0.3) is 5.76 Å². The number of likely N-dealkylation sites (tertiary alicyclic amines) is 1. The van der Waals surface area contributed by atoms with Crippen LogP contribution >= 0.6 is 0 Å². The van der Waals surface area contributed by atoms with Crippen LogP contribution in [0.1, 0.15) is 23.6 Å². The molecule has 35 heavy (non-hydrogen) atoms. The van der Waals surface area contributed by atoms with Gasteiger partial charge in [-0.2, -0.15) is 0 Å². The van der Waals surface area contributed by atoms with Crippen molar-refractivity contribution in [2.75, 3.05) is 27.9 Å². The third kappa shape index (κ3) is 4.70. The van der Waals surface area contributed by atoms with E-state index in [-0.39, 0.29) is 11.3 Å². The molecule has 9 heteroatoms. The molecule has 4 rings (SSSR count). The molecule has 0 radical (unpaired) electrons. The van der Waals surface area contributed by atoms with Gasteiger partial charge in [-0.15, -0.1) is 0 Å². The Morgan fingerprint density at radius 2 is 1.74 bits per heavy atom. The number of H-pyrrole nitrogens is 1. The number of nitrogens with zero attached hydrogens (tertiary/aromatic N) is 2. The number of aliphatic hydroxyl groups excluding tert-OH is 1. The van der Waals surface area contributed by atoms with E-state index in [0.717, 1.165) is 0 Å². The number of aliphatic hydroxyl groups is 1. The minimum Gasteiger partial charge on any atom is -0.507 e. The summed E-state index contributed by atoms with van der Waals surface area (Å²) < 4.78 is 18.1. The van der Waals surface area contributed by atoms with Gasteiger partial charge in [-0.25, -0.2) is 4.57 Å². The smallest absolute Gasteiger partial charge is 0.295 e. The number of ether oxygens (including phenoxy) is 3. The van der Waals surface area contributed by atoms with Crippen molar-refractivity contribution < 1.29 is 33.5 Å². The van der Waals surface area contributed by atoms with E-state index >= 15 is 0 Å². The lowest BCUT2D eigenvalue weighted by Crippen LogP contribution is -2.36. The van der Waals surface area contributed by atoms with Crippen molar-refractivity contribution in [2.24, 2.45) is 0 Å². The fourth-order valence-corrected chi connectivity index (χ4v) is 4.27. The van der Waals surface area contributed by atoms with Gasteiger partial charge in [0.2, 0.25) is 6.33 Å². The molecule has 0 aliphatic carbocycles. The molecule has 0 spiro atoms. The first-order chi connectivity index (χ1) is 17.0. The molecule has 182 valence electrons. The number of carbonyl (C=O) groups is 2. The number of carbonyl (C=O) groups excluding carboxylic acids is 2. The summed E-state index contributed by atoms with van der Waals surface area (Å²) in [6, 6.07) is 11.0. The Morgan fingerprint density at radius 1 is 1.03 bits per heavy atom. The van der Waals surface area contributed by atoms with E-state index in [1.165, 1.54) is 19.1 Å². The Bertz CT molecular complexity index is 1230. The molecule has 2 heterocycles. The molecule has 1 saturated heterocycles. The van der Waals surface area contributed by atoms with Crippen molar-refractivity contribution in [3.8, 4) is 17.2 Å². The van der Waals surface area contributed by atoms with Gasteiger partial charge in [-0.3, -0.25) is 14.6 Å². The summed E-state index contributed by atoms with van der Waals surface area (Å²) in [6.45, 7) is 0.945. The van der Waals surface area contributed by atoms with Crippen molar-refractivity contribution in [3.63, 3.8) is 0 Å². The van der Waals surface area contributed by atoms with Gasteiger partial charge in [0.25, 0.3) is 11.7 Å². The molecule has 9 nitrogen and oxygen atoms in total. The van der Waals surface area contributed by atoms with Crippen molar-refractivity contribution in [1.82, 2.24) is 9.88 Å². The minimum absolute atomic E-state index is 0.000942. The summed E-state index contributed by atoms with van der Waals surface area (Å²) in [5.74, 6) is -0.0581. The van der Waals surface area contributed by atoms with Crippen LogP contribution in [0.2, 0.25) is 0 Å². The fourth-order valence-electron chi connectivity index (χ4n) is 4.27. The molecule has 1 aliphatic rings. The first-order valence-corrected chi connectivity index (χ1v) is 11.1. The summed E-state index contributed by atoms with van der Waals surface area (Å²) >= 11 is 0. The maximum absolute atomic E-state index is 13.3. The highest BCUT2D eigenvalue weighted by Crippen LogP contribution is 2.44. The van der Waals surface area contributed by atoms with Crippen LogP contribution in [0.5, 0.6) is 17.2 Å². The van der Waals surface area contributed by atoms with E-state index in [9.17, 15) is 14.7 Å². The number of methoxy groups -OCH3 is 3. The Hall–Kier alpha value is -4.27. The number of aromatic amines is 1. The largest absolute Gasteiger partial charge is 0.507 e. The molecular formula is C26H28N3O6+. The molecule has 3 aromatic rings. The maximum Gasteiger partial charge on any atom is 0.295 e. The average Bonchev–Trinajstić information content (AvgIpc) is 3.50. The average molecular weight is 479 g/mol. The highest BCUT2D eigenvalue weighted by atomic mass is 16.5. The maximum atomic E-state index is 13.3. The van der Waals surface area contributed by atoms with Gasteiger partial charge in [-0.05, 0) is 42.5 Å². The highest BCUT2D eigenvalue weighted by Gasteiger charge is 2.47. The van der Waals surface area contributed by atoms with E-state index < -0.39 is 17.7 Å². The summed E-state index contributed by atoms with van der Waals surface area (Å²) in [7, 11) is 4.60. The van der Waals surface area contributed by atoms with Crippen LogP contribution < -0.4 is 18.8 Å². The number of aromatic nitrogens is 2. The van der Waals surface area contributed by atoms with E-state index in [1.54, 1.807) is 49.6 Å². The molecule has 0 bridgehead atoms. The standard InChI is InChI=1S/C26H27N3O6/c1-33-18-7-5-17(6-8-18)24(30)22-23(20-15-19(34-2)9-10-21(20)35-3)29(26(32)25(22)31)13-4-12-28-14-11-27-16-28/h5-11,14-16,23H,4,12-13H2,1-3H3,(H,30,31)/p+1. The van der Waals surface area contributed by atoms with E-state index in [4.69, 9.17) is 14.2 Å². The van der Waals surface area contributed by atoms with Crippen LogP contribution in [0.4, 0.5) is 0 Å². The molecule has 2 aromatic carbocycles. The third-order valence-corrected chi connectivity index (χ3v) is 6.05. The topological polar surface area (TPSA) is 105 Å². The molecule has 1 fully saturated rings. The predicted octanol–water partition coefficient (Wildman–Crippen LogP) is 2.84. The Kier molecular flexibility index (Phi) is 7.05. The second-order valence-electron chi connectivity index (χ2n) is 8.03. The lowest BCUT2D eigenvalue weighted by atomic mass is 9.94. The molecule has 1 unspecified atom stereocenters. The van der Waals surface area contributed by atoms with Crippen molar-refractivity contribution >= 4 is 17.4 Å². The quantitative estimate of drug-likeness (QED) is 0.212. The molecule has 1 atom stereocenters. The number of ketones is 1.